The standard InChI is InChI=1S/C17H17ClF3NO4S/c1-3-25-15-8-6-12(10-16(15)26-4-2)27(23,24)22-14-9-11(17(19,20)21)5-7-13(14)18/h5-10,22H,3-4H2,1-2H3. The van der Waals surface area contributed by atoms with Gasteiger partial charge in [0.25, 0.3) is 10.0 Å². The van der Waals surface area contributed by atoms with Gasteiger partial charge in [0.1, 0.15) is 0 Å². The summed E-state index contributed by atoms with van der Waals surface area (Å²) in [6, 6.07) is 6.29. The van der Waals surface area contributed by atoms with Crippen molar-refractivity contribution in [2.24, 2.45) is 0 Å². The van der Waals surface area contributed by atoms with E-state index in [-0.39, 0.29) is 28.0 Å². The van der Waals surface area contributed by atoms with E-state index in [4.69, 9.17) is 21.1 Å². The quantitative estimate of drug-likeness (QED) is 0.683. The molecule has 27 heavy (non-hydrogen) atoms. The average molecular weight is 424 g/mol. The van der Waals surface area contributed by atoms with Gasteiger partial charge in [-0.15, -0.1) is 0 Å². The molecule has 0 saturated carbocycles. The Morgan fingerprint density at radius 3 is 2.22 bits per heavy atom. The SMILES string of the molecule is CCOc1ccc(S(=O)(=O)Nc2cc(C(F)(F)F)ccc2Cl)cc1OCC. The molecule has 0 aliphatic heterocycles. The van der Waals surface area contributed by atoms with Crippen LogP contribution < -0.4 is 14.2 Å². The van der Waals surface area contributed by atoms with Crippen molar-refractivity contribution < 1.29 is 31.1 Å². The van der Waals surface area contributed by atoms with Crippen LogP contribution in [0.1, 0.15) is 19.4 Å². The summed E-state index contributed by atoms with van der Waals surface area (Å²) in [5.41, 5.74) is -1.40. The highest BCUT2D eigenvalue weighted by atomic mass is 35.5. The molecule has 2 rings (SSSR count). The molecule has 0 fully saturated rings. The van der Waals surface area contributed by atoms with Gasteiger partial charge in [-0.05, 0) is 44.2 Å². The molecule has 0 radical (unpaired) electrons. The fraction of sp³-hybridized carbons (Fsp3) is 0.294. The third-order valence-electron chi connectivity index (χ3n) is 3.36. The maximum absolute atomic E-state index is 12.9. The Hall–Kier alpha value is -2.13. The summed E-state index contributed by atoms with van der Waals surface area (Å²) in [6.45, 7) is 4.11. The molecule has 0 heterocycles. The molecule has 1 N–H and O–H groups in total. The van der Waals surface area contributed by atoms with E-state index in [0.717, 1.165) is 12.1 Å². The molecule has 0 aliphatic carbocycles. The smallest absolute Gasteiger partial charge is 0.416 e. The fourth-order valence-electron chi connectivity index (χ4n) is 2.18. The Morgan fingerprint density at radius 1 is 1.00 bits per heavy atom. The van der Waals surface area contributed by atoms with E-state index >= 15 is 0 Å². The molecule has 0 aromatic heterocycles. The molecule has 5 nitrogen and oxygen atoms in total. The molecule has 0 spiro atoms. The van der Waals surface area contributed by atoms with Crippen LogP contribution in [-0.4, -0.2) is 21.6 Å². The van der Waals surface area contributed by atoms with Crippen LogP contribution in [0.25, 0.3) is 0 Å². The summed E-state index contributed by atoms with van der Waals surface area (Å²) in [7, 11) is -4.21. The van der Waals surface area contributed by atoms with Gasteiger partial charge in [0.05, 0.1) is 34.4 Å². The molecule has 0 aliphatic rings. The number of halogens is 4. The van der Waals surface area contributed by atoms with Gasteiger partial charge >= 0.3 is 6.18 Å². The zero-order chi connectivity index (χ0) is 20.2. The van der Waals surface area contributed by atoms with Crippen molar-refractivity contribution in [1.82, 2.24) is 0 Å². The first-order chi connectivity index (χ1) is 12.6. The van der Waals surface area contributed by atoms with Crippen LogP contribution in [-0.2, 0) is 16.2 Å². The number of benzene rings is 2. The number of rotatable bonds is 7. The van der Waals surface area contributed by atoms with Crippen LogP contribution in [0, 0.1) is 0 Å². The van der Waals surface area contributed by atoms with E-state index in [1.54, 1.807) is 13.8 Å². The van der Waals surface area contributed by atoms with E-state index < -0.39 is 21.8 Å². The minimum Gasteiger partial charge on any atom is -0.490 e. The lowest BCUT2D eigenvalue weighted by molar-refractivity contribution is -0.137. The molecular formula is C17H17ClF3NO4S. The van der Waals surface area contributed by atoms with Gasteiger partial charge in [-0.3, -0.25) is 4.72 Å². The van der Waals surface area contributed by atoms with Crippen molar-refractivity contribution in [3.8, 4) is 11.5 Å². The molecular weight excluding hydrogens is 407 g/mol. The van der Waals surface area contributed by atoms with Gasteiger partial charge in [0, 0.05) is 6.07 Å². The monoisotopic (exact) mass is 423 g/mol. The first-order valence-corrected chi connectivity index (χ1v) is 9.73. The number of alkyl halides is 3. The number of ether oxygens (including phenoxy) is 2. The van der Waals surface area contributed by atoms with Crippen LogP contribution in [0.2, 0.25) is 5.02 Å². The van der Waals surface area contributed by atoms with Crippen LogP contribution in [0.4, 0.5) is 18.9 Å². The van der Waals surface area contributed by atoms with Crippen LogP contribution in [0.5, 0.6) is 11.5 Å². The van der Waals surface area contributed by atoms with Crippen molar-refractivity contribution >= 4 is 27.3 Å². The van der Waals surface area contributed by atoms with Gasteiger partial charge < -0.3 is 9.47 Å². The summed E-state index contributed by atoms with van der Waals surface area (Å²) < 4.78 is 76.6. The van der Waals surface area contributed by atoms with E-state index in [1.807, 2.05) is 0 Å². The zero-order valence-corrected chi connectivity index (χ0v) is 16.0. The second-order valence-corrected chi connectivity index (χ2v) is 7.36. The van der Waals surface area contributed by atoms with E-state index in [9.17, 15) is 21.6 Å². The summed E-state index contributed by atoms with van der Waals surface area (Å²) in [5.74, 6) is 0.563. The van der Waals surface area contributed by atoms with E-state index in [0.29, 0.717) is 18.4 Å². The molecule has 0 atom stereocenters. The summed E-state index contributed by atoms with van der Waals surface area (Å²) in [5, 5.41) is -0.164. The Bertz CT molecular complexity index is 917. The first-order valence-electron chi connectivity index (χ1n) is 7.87. The van der Waals surface area contributed by atoms with Crippen molar-refractivity contribution in [3.63, 3.8) is 0 Å². The Kier molecular flexibility index (Phi) is 6.48. The fourth-order valence-corrected chi connectivity index (χ4v) is 3.49. The van der Waals surface area contributed by atoms with Crippen LogP contribution in [0.3, 0.4) is 0 Å². The Balaban J connectivity index is 2.41. The van der Waals surface area contributed by atoms with Crippen LogP contribution in [0.15, 0.2) is 41.3 Å². The minimum absolute atomic E-state index is 0.164. The Morgan fingerprint density at radius 2 is 1.63 bits per heavy atom. The second-order valence-electron chi connectivity index (χ2n) is 5.27. The van der Waals surface area contributed by atoms with Crippen LogP contribution >= 0.6 is 11.6 Å². The minimum atomic E-state index is -4.63. The predicted octanol–water partition coefficient (Wildman–Crippen LogP) is 4.96. The highest BCUT2D eigenvalue weighted by Gasteiger charge is 2.31. The number of nitrogens with one attached hydrogen (secondary N) is 1. The average Bonchev–Trinajstić information content (AvgIpc) is 2.57. The molecule has 2 aromatic rings. The highest BCUT2D eigenvalue weighted by molar-refractivity contribution is 7.92. The number of sulfonamides is 1. The van der Waals surface area contributed by atoms with Gasteiger partial charge in [0.2, 0.25) is 0 Å². The maximum atomic E-state index is 12.9. The third kappa shape index (κ3) is 5.20. The third-order valence-corrected chi connectivity index (χ3v) is 5.06. The number of hydrogen-bond acceptors (Lipinski definition) is 4. The topological polar surface area (TPSA) is 64.6 Å². The predicted molar refractivity (Wildman–Crippen MR) is 96.0 cm³/mol. The van der Waals surface area contributed by atoms with Gasteiger partial charge in [-0.2, -0.15) is 13.2 Å². The molecule has 0 unspecified atom stereocenters. The zero-order valence-electron chi connectivity index (χ0n) is 14.4. The number of anilines is 1. The van der Waals surface area contributed by atoms with E-state index in [1.165, 1.54) is 18.2 Å². The summed E-state index contributed by atoms with van der Waals surface area (Å²) in [6.07, 6.45) is -4.63. The lowest BCUT2D eigenvalue weighted by Crippen LogP contribution is -2.15. The summed E-state index contributed by atoms with van der Waals surface area (Å²) >= 11 is 5.85. The van der Waals surface area contributed by atoms with Gasteiger partial charge in [0.15, 0.2) is 11.5 Å². The Labute approximate surface area is 160 Å². The number of hydrogen-bond donors (Lipinski definition) is 1. The first kappa shape index (κ1) is 21.2. The van der Waals surface area contributed by atoms with Crippen molar-refractivity contribution in [3.05, 3.63) is 47.0 Å². The second kappa shape index (κ2) is 8.26. The lowest BCUT2D eigenvalue weighted by atomic mass is 10.2. The molecule has 10 heteroatoms. The van der Waals surface area contributed by atoms with Gasteiger partial charge in [-0.25, -0.2) is 8.42 Å². The largest absolute Gasteiger partial charge is 0.490 e. The lowest BCUT2D eigenvalue weighted by Gasteiger charge is -2.15. The van der Waals surface area contributed by atoms with Crippen molar-refractivity contribution in [2.75, 3.05) is 17.9 Å². The van der Waals surface area contributed by atoms with Gasteiger partial charge in [-0.1, -0.05) is 11.6 Å². The molecule has 148 valence electrons. The van der Waals surface area contributed by atoms with E-state index in [2.05, 4.69) is 4.72 Å². The molecule has 0 bridgehead atoms. The molecule has 0 amide bonds. The normalized spacial score (nSPS) is 11.9. The molecule has 2 aromatic carbocycles. The highest BCUT2D eigenvalue weighted by Crippen LogP contribution is 2.35. The summed E-state index contributed by atoms with van der Waals surface area (Å²) in [4.78, 5) is -0.206. The molecule has 0 saturated heterocycles. The maximum Gasteiger partial charge on any atom is 0.416 e. The van der Waals surface area contributed by atoms with Crippen molar-refractivity contribution in [1.29, 1.82) is 0 Å². The van der Waals surface area contributed by atoms with Crippen molar-refractivity contribution in [2.45, 2.75) is 24.9 Å².